The summed E-state index contributed by atoms with van der Waals surface area (Å²) in [5, 5.41) is 0.613. The fourth-order valence-corrected chi connectivity index (χ4v) is 4.42. The second kappa shape index (κ2) is 11.1. The molecule has 4 heteroatoms. The summed E-state index contributed by atoms with van der Waals surface area (Å²) < 4.78 is 2.66. The first-order valence-electron chi connectivity index (χ1n) is 11.4. The molecule has 0 bridgehead atoms. The molecule has 0 unspecified atom stereocenters. The number of benzene rings is 4. The van der Waals surface area contributed by atoms with Crippen molar-refractivity contribution in [1.82, 2.24) is 9.55 Å². The number of halogens is 1. The monoisotopic (exact) mass is 510 g/mol. The maximum atomic E-state index is 13.4. The number of rotatable bonds is 4. The van der Waals surface area contributed by atoms with Crippen molar-refractivity contribution >= 4 is 26.8 Å². The van der Waals surface area contributed by atoms with Crippen molar-refractivity contribution in [2.75, 3.05) is 0 Å². The highest BCUT2D eigenvalue weighted by Crippen LogP contribution is 2.27. The molecular formula is C30H27BrN2O. The molecule has 0 saturated heterocycles. The Kier molecular flexibility index (Phi) is 7.71. The first-order chi connectivity index (χ1) is 16.6. The molecule has 34 heavy (non-hydrogen) atoms. The van der Waals surface area contributed by atoms with Gasteiger partial charge in [0.1, 0.15) is 5.82 Å². The predicted molar refractivity (Wildman–Crippen MR) is 144 cm³/mol. The van der Waals surface area contributed by atoms with Crippen molar-refractivity contribution in [3.8, 4) is 0 Å². The fraction of sp³-hybridized carbons (Fsp3) is 0.133. The van der Waals surface area contributed by atoms with E-state index in [-0.39, 0.29) is 11.6 Å². The van der Waals surface area contributed by atoms with Gasteiger partial charge < -0.3 is 0 Å². The first-order valence-corrected chi connectivity index (χ1v) is 12.2. The largest absolute Gasteiger partial charge is 0.285 e. The number of aromatic nitrogens is 2. The summed E-state index contributed by atoms with van der Waals surface area (Å²) in [5.74, 6) is 0.697. The third-order valence-corrected chi connectivity index (χ3v) is 6.27. The molecule has 4 aromatic carbocycles. The highest BCUT2D eigenvalue weighted by Gasteiger charge is 2.21. The normalized spacial score (nSPS) is 10.7. The molecule has 0 amide bonds. The zero-order valence-corrected chi connectivity index (χ0v) is 20.9. The molecule has 0 saturated carbocycles. The van der Waals surface area contributed by atoms with Crippen LogP contribution < -0.4 is 5.56 Å². The Balaban J connectivity index is 0.000000291. The SMILES string of the molecule is CCc1ccccc1.Cc1nc2ccc(Br)cc2c(=O)n1C(c1ccccc1)c1ccccc1. The number of aryl methyl sites for hydroxylation is 2. The topological polar surface area (TPSA) is 34.9 Å². The lowest BCUT2D eigenvalue weighted by Gasteiger charge is -2.23. The van der Waals surface area contributed by atoms with Gasteiger partial charge in [0.15, 0.2) is 0 Å². The molecule has 170 valence electrons. The van der Waals surface area contributed by atoms with E-state index in [9.17, 15) is 4.79 Å². The summed E-state index contributed by atoms with van der Waals surface area (Å²) in [6, 6.07) is 36.0. The standard InChI is InChI=1S/C22H17BrN2O.C8H10/c1-15-24-20-13-12-18(23)14-19(20)22(26)25(15)21(16-8-4-2-5-9-16)17-10-6-3-7-11-17;1-2-8-6-4-3-5-7-8/h2-14,21H,1H3;3-7H,2H2,1H3. The molecule has 0 atom stereocenters. The quantitative estimate of drug-likeness (QED) is 0.253. The Morgan fingerprint density at radius 2 is 1.32 bits per heavy atom. The minimum atomic E-state index is -0.221. The maximum Gasteiger partial charge on any atom is 0.262 e. The van der Waals surface area contributed by atoms with Crippen molar-refractivity contribution in [2.45, 2.75) is 26.3 Å². The molecular weight excluding hydrogens is 484 g/mol. The van der Waals surface area contributed by atoms with Crippen molar-refractivity contribution in [3.05, 3.63) is 147 Å². The van der Waals surface area contributed by atoms with E-state index in [0.29, 0.717) is 16.7 Å². The summed E-state index contributed by atoms with van der Waals surface area (Å²) >= 11 is 3.46. The predicted octanol–water partition coefficient (Wildman–Crippen LogP) is 7.35. The number of fused-ring (bicyclic) bond motifs is 1. The minimum absolute atomic E-state index is 0.0356. The van der Waals surface area contributed by atoms with Gasteiger partial charge in [0.25, 0.3) is 5.56 Å². The molecule has 5 aromatic rings. The van der Waals surface area contributed by atoms with E-state index >= 15 is 0 Å². The Labute approximate surface area is 208 Å². The van der Waals surface area contributed by atoms with Crippen molar-refractivity contribution in [3.63, 3.8) is 0 Å². The van der Waals surface area contributed by atoms with Gasteiger partial charge in [-0.2, -0.15) is 0 Å². The summed E-state index contributed by atoms with van der Waals surface area (Å²) in [7, 11) is 0. The van der Waals surface area contributed by atoms with Gasteiger partial charge in [0, 0.05) is 4.47 Å². The van der Waals surface area contributed by atoms with Crippen molar-refractivity contribution in [1.29, 1.82) is 0 Å². The summed E-state index contributed by atoms with van der Waals surface area (Å²) in [6.45, 7) is 4.05. The van der Waals surface area contributed by atoms with Gasteiger partial charge in [0.05, 0.1) is 16.9 Å². The van der Waals surface area contributed by atoms with Crippen molar-refractivity contribution < 1.29 is 0 Å². The van der Waals surface area contributed by atoms with Crippen LogP contribution in [0.1, 0.15) is 35.5 Å². The number of nitrogens with zero attached hydrogens (tertiary/aromatic N) is 2. The molecule has 1 aromatic heterocycles. The van der Waals surface area contributed by atoms with Crippen LogP contribution in [0, 0.1) is 6.92 Å². The Bertz CT molecular complexity index is 1380. The smallest absolute Gasteiger partial charge is 0.262 e. The summed E-state index contributed by atoms with van der Waals surface area (Å²) in [5.41, 5.74) is 4.20. The van der Waals surface area contributed by atoms with E-state index in [4.69, 9.17) is 4.98 Å². The zero-order chi connectivity index (χ0) is 23.9. The van der Waals surface area contributed by atoms with E-state index in [1.807, 2.05) is 67.6 Å². The maximum absolute atomic E-state index is 13.4. The Hall–Kier alpha value is -3.50. The molecule has 0 aliphatic carbocycles. The lowest BCUT2D eigenvalue weighted by molar-refractivity contribution is 0.619. The molecule has 1 heterocycles. The molecule has 0 aliphatic heterocycles. The Morgan fingerprint density at radius 3 is 1.82 bits per heavy atom. The van der Waals surface area contributed by atoms with Gasteiger partial charge in [0.2, 0.25) is 0 Å². The van der Waals surface area contributed by atoms with Crippen LogP contribution in [-0.2, 0) is 6.42 Å². The van der Waals surface area contributed by atoms with Crippen LogP contribution >= 0.6 is 15.9 Å². The van der Waals surface area contributed by atoms with Crippen LogP contribution in [0.2, 0.25) is 0 Å². The van der Waals surface area contributed by atoms with E-state index in [0.717, 1.165) is 22.0 Å². The first kappa shape index (κ1) is 23.7. The molecule has 5 rings (SSSR count). The van der Waals surface area contributed by atoms with Gasteiger partial charge in [-0.15, -0.1) is 0 Å². The van der Waals surface area contributed by atoms with Crippen LogP contribution in [0.5, 0.6) is 0 Å². The van der Waals surface area contributed by atoms with E-state index in [1.165, 1.54) is 5.56 Å². The van der Waals surface area contributed by atoms with Gasteiger partial charge in [-0.25, -0.2) is 4.98 Å². The van der Waals surface area contributed by atoms with E-state index in [2.05, 4.69) is 71.4 Å². The third-order valence-electron chi connectivity index (χ3n) is 5.78. The van der Waals surface area contributed by atoms with Crippen LogP contribution in [0.3, 0.4) is 0 Å². The lowest BCUT2D eigenvalue weighted by atomic mass is 9.98. The lowest BCUT2D eigenvalue weighted by Crippen LogP contribution is -2.29. The number of hydrogen-bond acceptors (Lipinski definition) is 2. The third kappa shape index (κ3) is 5.35. The van der Waals surface area contributed by atoms with Crippen LogP contribution in [0.25, 0.3) is 10.9 Å². The molecule has 3 nitrogen and oxygen atoms in total. The zero-order valence-electron chi connectivity index (χ0n) is 19.4. The highest BCUT2D eigenvalue weighted by atomic mass is 79.9. The minimum Gasteiger partial charge on any atom is -0.285 e. The van der Waals surface area contributed by atoms with Crippen LogP contribution in [0.15, 0.2) is 118 Å². The van der Waals surface area contributed by atoms with Crippen LogP contribution in [-0.4, -0.2) is 9.55 Å². The highest BCUT2D eigenvalue weighted by molar-refractivity contribution is 9.10. The molecule has 0 radical (unpaired) electrons. The molecule has 0 aliphatic rings. The Morgan fingerprint density at radius 1 is 0.794 bits per heavy atom. The van der Waals surface area contributed by atoms with E-state index in [1.54, 1.807) is 4.57 Å². The average Bonchev–Trinajstić information content (AvgIpc) is 2.89. The average molecular weight is 511 g/mol. The number of hydrogen-bond donors (Lipinski definition) is 0. The molecule has 0 fully saturated rings. The van der Waals surface area contributed by atoms with Gasteiger partial charge in [-0.05, 0) is 48.2 Å². The fourth-order valence-electron chi connectivity index (χ4n) is 4.06. The summed E-state index contributed by atoms with van der Waals surface area (Å²) in [6.07, 6.45) is 1.14. The second-order valence-corrected chi connectivity index (χ2v) is 8.97. The molecule has 0 spiro atoms. The molecule has 0 N–H and O–H groups in total. The summed E-state index contributed by atoms with van der Waals surface area (Å²) in [4.78, 5) is 18.1. The van der Waals surface area contributed by atoms with Gasteiger partial charge in [-0.1, -0.05) is 114 Å². The van der Waals surface area contributed by atoms with E-state index < -0.39 is 0 Å². The second-order valence-electron chi connectivity index (χ2n) is 8.06. The van der Waals surface area contributed by atoms with Gasteiger partial charge in [-0.3, -0.25) is 9.36 Å². The van der Waals surface area contributed by atoms with Crippen molar-refractivity contribution in [2.24, 2.45) is 0 Å². The van der Waals surface area contributed by atoms with Gasteiger partial charge >= 0.3 is 0 Å². The van der Waals surface area contributed by atoms with Crippen LogP contribution in [0.4, 0.5) is 0 Å².